The van der Waals surface area contributed by atoms with Gasteiger partial charge >= 0.3 is 5.97 Å². The van der Waals surface area contributed by atoms with Gasteiger partial charge in [0.15, 0.2) is 0 Å². The number of hydrogen-bond donors (Lipinski definition) is 1. The molecule has 1 atom stereocenters. The van der Waals surface area contributed by atoms with Gasteiger partial charge in [0, 0.05) is 31.9 Å². The van der Waals surface area contributed by atoms with Gasteiger partial charge in [-0.3, -0.25) is 14.4 Å². The van der Waals surface area contributed by atoms with Crippen LogP contribution in [0.5, 0.6) is 0 Å². The summed E-state index contributed by atoms with van der Waals surface area (Å²) in [5, 5.41) is 13.9. The van der Waals surface area contributed by atoms with Gasteiger partial charge < -0.3 is 5.11 Å². The largest absolute Gasteiger partial charge is 0.481 e. The fourth-order valence-electron chi connectivity index (χ4n) is 2.99. The summed E-state index contributed by atoms with van der Waals surface area (Å²) < 4.78 is 1.81. The van der Waals surface area contributed by atoms with Gasteiger partial charge in [-0.2, -0.15) is 5.10 Å². The average Bonchev–Trinajstić information content (AvgIpc) is 2.85. The molecule has 1 aliphatic heterocycles. The molecule has 0 bridgehead atoms. The molecule has 1 unspecified atom stereocenters. The van der Waals surface area contributed by atoms with Crippen LogP contribution in [0.1, 0.15) is 31.5 Å². The van der Waals surface area contributed by atoms with Crippen molar-refractivity contribution in [2.75, 3.05) is 13.1 Å². The van der Waals surface area contributed by atoms with Gasteiger partial charge in [-0.05, 0) is 25.8 Å². The third-order valence-electron chi connectivity index (χ3n) is 4.42. The molecule has 0 amide bonds. The van der Waals surface area contributed by atoms with Crippen LogP contribution in [-0.4, -0.2) is 38.8 Å². The van der Waals surface area contributed by atoms with Crippen molar-refractivity contribution in [1.29, 1.82) is 0 Å². The van der Waals surface area contributed by atoms with E-state index in [0.717, 1.165) is 25.2 Å². The van der Waals surface area contributed by atoms with E-state index in [2.05, 4.69) is 10.00 Å². The molecule has 1 saturated heterocycles. The topological polar surface area (TPSA) is 58.4 Å². The zero-order chi connectivity index (χ0) is 14.2. The third-order valence-corrected chi connectivity index (χ3v) is 4.42. The summed E-state index contributed by atoms with van der Waals surface area (Å²) >= 11 is 0. The first kappa shape index (κ1) is 14.1. The molecule has 2 heterocycles. The van der Waals surface area contributed by atoms with E-state index in [1.54, 1.807) is 0 Å². The van der Waals surface area contributed by atoms with E-state index in [0.29, 0.717) is 6.54 Å². The van der Waals surface area contributed by atoms with Crippen LogP contribution in [0.15, 0.2) is 6.20 Å². The smallest absolute Gasteiger partial charge is 0.311 e. The highest BCUT2D eigenvalue weighted by atomic mass is 16.4. The van der Waals surface area contributed by atoms with E-state index in [9.17, 15) is 9.90 Å². The van der Waals surface area contributed by atoms with E-state index in [4.69, 9.17) is 0 Å². The van der Waals surface area contributed by atoms with Gasteiger partial charge in [-0.1, -0.05) is 13.8 Å². The molecule has 1 aromatic rings. The second-order valence-electron chi connectivity index (χ2n) is 5.99. The number of carboxylic acids is 1. The standard InChI is InChI=1S/C14H23N3O2/c1-10(2)14(13(18)19)5-6-17(9-14)8-12-7-16(4)15-11(12)3/h7,10H,5-6,8-9H2,1-4H3,(H,18,19). The Hall–Kier alpha value is -1.36. The fourth-order valence-corrected chi connectivity index (χ4v) is 2.99. The molecule has 5 heteroatoms. The highest BCUT2D eigenvalue weighted by molar-refractivity contribution is 5.75. The van der Waals surface area contributed by atoms with Crippen molar-refractivity contribution in [3.63, 3.8) is 0 Å². The summed E-state index contributed by atoms with van der Waals surface area (Å²) in [6.07, 6.45) is 2.75. The highest BCUT2D eigenvalue weighted by Crippen LogP contribution is 2.38. The van der Waals surface area contributed by atoms with Crippen LogP contribution in [0.25, 0.3) is 0 Å². The first-order chi connectivity index (χ1) is 8.85. The monoisotopic (exact) mass is 265 g/mol. The van der Waals surface area contributed by atoms with Crippen molar-refractivity contribution in [2.45, 2.75) is 33.7 Å². The van der Waals surface area contributed by atoms with E-state index in [-0.39, 0.29) is 5.92 Å². The molecule has 0 saturated carbocycles. The summed E-state index contributed by atoms with van der Waals surface area (Å²) in [6, 6.07) is 0. The first-order valence-electron chi connectivity index (χ1n) is 6.80. The minimum absolute atomic E-state index is 0.157. The van der Waals surface area contributed by atoms with Gasteiger partial charge in [-0.15, -0.1) is 0 Å². The maximum atomic E-state index is 11.6. The molecule has 1 aromatic heterocycles. The molecule has 2 rings (SSSR count). The number of aryl methyl sites for hydroxylation is 2. The molecule has 0 radical (unpaired) electrons. The van der Waals surface area contributed by atoms with Crippen LogP contribution in [-0.2, 0) is 18.4 Å². The number of aromatic nitrogens is 2. The van der Waals surface area contributed by atoms with Gasteiger partial charge in [0.05, 0.1) is 11.1 Å². The second kappa shape index (κ2) is 4.96. The number of carboxylic acid groups (broad SMARTS) is 1. The molecule has 106 valence electrons. The van der Waals surface area contributed by atoms with Crippen LogP contribution in [0, 0.1) is 18.3 Å². The van der Waals surface area contributed by atoms with Gasteiger partial charge in [0.25, 0.3) is 0 Å². The van der Waals surface area contributed by atoms with Crippen LogP contribution in [0.3, 0.4) is 0 Å². The molecule has 5 nitrogen and oxygen atoms in total. The Balaban J connectivity index is 2.10. The highest BCUT2D eigenvalue weighted by Gasteiger charge is 2.47. The van der Waals surface area contributed by atoms with Crippen molar-refractivity contribution in [2.24, 2.45) is 18.4 Å². The summed E-state index contributed by atoms with van der Waals surface area (Å²) in [6.45, 7) is 8.28. The Morgan fingerprint density at radius 3 is 2.68 bits per heavy atom. The maximum Gasteiger partial charge on any atom is 0.311 e. The molecule has 0 aliphatic carbocycles. The molecule has 19 heavy (non-hydrogen) atoms. The van der Waals surface area contributed by atoms with Crippen molar-refractivity contribution >= 4 is 5.97 Å². The van der Waals surface area contributed by atoms with Crippen molar-refractivity contribution < 1.29 is 9.90 Å². The summed E-state index contributed by atoms with van der Waals surface area (Å²) in [5.74, 6) is -0.502. The predicted octanol–water partition coefficient (Wildman–Crippen LogP) is 1.66. The van der Waals surface area contributed by atoms with Gasteiger partial charge in [0.1, 0.15) is 0 Å². The zero-order valence-electron chi connectivity index (χ0n) is 12.2. The van der Waals surface area contributed by atoms with Crippen molar-refractivity contribution in [3.8, 4) is 0 Å². The zero-order valence-corrected chi connectivity index (χ0v) is 12.2. The Morgan fingerprint density at radius 1 is 1.58 bits per heavy atom. The van der Waals surface area contributed by atoms with Crippen molar-refractivity contribution in [1.82, 2.24) is 14.7 Å². The summed E-state index contributed by atoms with van der Waals surface area (Å²) in [4.78, 5) is 13.8. The van der Waals surface area contributed by atoms with Crippen LogP contribution in [0.4, 0.5) is 0 Å². The fraction of sp³-hybridized carbons (Fsp3) is 0.714. The SMILES string of the molecule is Cc1nn(C)cc1CN1CCC(C(=O)O)(C(C)C)C1. The molecule has 1 N–H and O–H groups in total. The lowest BCUT2D eigenvalue weighted by Gasteiger charge is -2.28. The number of carbonyl (C=O) groups is 1. The Labute approximate surface area is 114 Å². The van der Waals surface area contributed by atoms with Crippen LogP contribution in [0.2, 0.25) is 0 Å². The van der Waals surface area contributed by atoms with Crippen LogP contribution < -0.4 is 0 Å². The van der Waals surface area contributed by atoms with E-state index in [1.165, 1.54) is 5.56 Å². The van der Waals surface area contributed by atoms with Gasteiger partial charge in [0.2, 0.25) is 0 Å². The molecular weight excluding hydrogens is 242 g/mol. The molecule has 1 aliphatic rings. The quantitative estimate of drug-likeness (QED) is 0.899. The minimum Gasteiger partial charge on any atom is -0.481 e. The molecule has 1 fully saturated rings. The Morgan fingerprint density at radius 2 is 2.26 bits per heavy atom. The van der Waals surface area contributed by atoms with E-state index in [1.807, 2.05) is 38.7 Å². The lowest BCUT2D eigenvalue weighted by Crippen LogP contribution is -2.39. The third kappa shape index (κ3) is 2.52. The number of hydrogen-bond acceptors (Lipinski definition) is 3. The maximum absolute atomic E-state index is 11.6. The number of aliphatic carboxylic acids is 1. The predicted molar refractivity (Wildman–Crippen MR) is 72.7 cm³/mol. The van der Waals surface area contributed by atoms with Gasteiger partial charge in [-0.25, -0.2) is 0 Å². The second-order valence-corrected chi connectivity index (χ2v) is 5.99. The average molecular weight is 265 g/mol. The summed E-state index contributed by atoms with van der Waals surface area (Å²) in [7, 11) is 1.91. The summed E-state index contributed by atoms with van der Waals surface area (Å²) in [5.41, 5.74) is 1.63. The number of likely N-dealkylation sites (tertiary alicyclic amines) is 1. The Kier molecular flexibility index (Phi) is 3.67. The molecule has 0 spiro atoms. The van der Waals surface area contributed by atoms with E-state index < -0.39 is 11.4 Å². The van der Waals surface area contributed by atoms with Crippen LogP contribution >= 0.6 is 0 Å². The molecule has 0 aromatic carbocycles. The first-order valence-corrected chi connectivity index (χ1v) is 6.80. The minimum atomic E-state index is -0.659. The normalized spacial score (nSPS) is 24.3. The van der Waals surface area contributed by atoms with E-state index >= 15 is 0 Å². The number of nitrogens with zero attached hydrogens (tertiary/aromatic N) is 3. The van der Waals surface area contributed by atoms with Crippen molar-refractivity contribution in [3.05, 3.63) is 17.5 Å². The molecular formula is C14H23N3O2. The number of rotatable bonds is 4. The Bertz CT molecular complexity index is 481. The lowest BCUT2D eigenvalue weighted by molar-refractivity contribution is -0.151. The lowest BCUT2D eigenvalue weighted by atomic mass is 9.76.